The summed E-state index contributed by atoms with van der Waals surface area (Å²) in [7, 11) is 1.82. The van der Waals surface area contributed by atoms with E-state index >= 15 is 0 Å². The summed E-state index contributed by atoms with van der Waals surface area (Å²) in [6.45, 7) is 4.39. The van der Waals surface area contributed by atoms with Gasteiger partial charge < -0.3 is 14.7 Å². The smallest absolute Gasteiger partial charge is 0.477 e. The largest absolute Gasteiger partial charge is 0.573 e. The second-order valence-electron chi connectivity index (χ2n) is 9.87. The zero-order chi connectivity index (χ0) is 30.1. The Balaban J connectivity index is 1.49. The first-order valence-corrected chi connectivity index (χ1v) is 13.0. The molecule has 0 bridgehead atoms. The first-order valence-electron chi connectivity index (χ1n) is 12.7. The highest BCUT2D eigenvalue weighted by atomic mass is 35.5. The summed E-state index contributed by atoms with van der Waals surface area (Å²) >= 11 is 6.00. The molecule has 2 atom stereocenters. The van der Waals surface area contributed by atoms with Crippen LogP contribution in [-0.2, 0) is 19.5 Å². The number of carboxylic acids is 1. The van der Waals surface area contributed by atoms with Crippen molar-refractivity contribution in [3.05, 3.63) is 81.1 Å². The number of nitrogens with zero attached hydrogens (tertiary/aromatic N) is 5. The lowest BCUT2D eigenvalue weighted by molar-refractivity contribution is -0.274. The molecule has 1 aromatic heterocycles. The summed E-state index contributed by atoms with van der Waals surface area (Å²) in [6, 6.07) is 11.5. The highest BCUT2D eigenvalue weighted by molar-refractivity contribution is 6.31. The van der Waals surface area contributed by atoms with Crippen molar-refractivity contribution >= 4 is 23.5 Å². The van der Waals surface area contributed by atoms with Crippen LogP contribution in [-0.4, -0.2) is 62.6 Å². The number of carbonyl (C=O) groups excluding carboxylic acids is 1. The van der Waals surface area contributed by atoms with Crippen LogP contribution in [0.3, 0.4) is 0 Å². The Morgan fingerprint density at radius 2 is 1.95 bits per heavy atom. The number of carboxylic acid groups (broad SMARTS) is 1. The van der Waals surface area contributed by atoms with Crippen LogP contribution in [0.15, 0.2) is 42.5 Å². The van der Waals surface area contributed by atoms with Gasteiger partial charge in [0.2, 0.25) is 0 Å². The molecule has 4 rings (SSSR count). The van der Waals surface area contributed by atoms with Crippen molar-refractivity contribution in [3.63, 3.8) is 0 Å². The van der Waals surface area contributed by atoms with E-state index in [0.717, 1.165) is 5.56 Å². The van der Waals surface area contributed by atoms with Crippen LogP contribution in [0.2, 0.25) is 5.02 Å². The third-order valence-corrected chi connectivity index (χ3v) is 7.53. The number of carbonyl (C=O) groups is 2. The van der Waals surface area contributed by atoms with Gasteiger partial charge in [0.1, 0.15) is 11.8 Å². The maximum atomic E-state index is 13.3. The van der Waals surface area contributed by atoms with E-state index in [9.17, 15) is 33.1 Å². The SMILES string of the molecule is C[C@@H]1Cc2nn(CCN(C)[C@@H](C)c3ccc(OC(F)(F)F)cc3)c(C(=O)O)c2CN1C(=O)c1ccc(Cl)c(C#N)c1. The Hall–Kier alpha value is -4.08. The van der Waals surface area contributed by atoms with E-state index in [4.69, 9.17) is 11.6 Å². The van der Waals surface area contributed by atoms with Crippen LogP contribution < -0.4 is 4.74 Å². The molecule has 0 saturated carbocycles. The zero-order valence-corrected chi connectivity index (χ0v) is 23.2. The van der Waals surface area contributed by atoms with Crippen LogP contribution in [0.5, 0.6) is 5.75 Å². The lowest BCUT2D eigenvalue weighted by atomic mass is 9.98. The van der Waals surface area contributed by atoms with Gasteiger partial charge in [-0.15, -0.1) is 13.2 Å². The molecule has 0 radical (unpaired) electrons. The van der Waals surface area contributed by atoms with Crippen LogP contribution in [0.25, 0.3) is 0 Å². The number of hydrogen-bond donors (Lipinski definition) is 1. The van der Waals surface area contributed by atoms with Crippen molar-refractivity contribution in [2.45, 2.75) is 51.8 Å². The third kappa shape index (κ3) is 6.64. The molecule has 1 aliphatic rings. The van der Waals surface area contributed by atoms with Gasteiger partial charge in [-0.05, 0) is 56.8 Å². The Kier molecular flexibility index (Phi) is 8.60. The number of benzene rings is 2. The summed E-state index contributed by atoms with van der Waals surface area (Å²) in [4.78, 5) is 29.1. The second-order valence-corrected chi connectivity index (χ2v) is 10.3. The number of ether oxygens (including phenoxy) is 1. The van der Waals surface area contributed by atoms with E-state index in [1.54, 1.807) is 17.0 Å². The zero-order valence-electron chi connectivity index (χ0n) is 22.4. The highest BCUT2D eigenvalue weighted by Crippen LogP contribution is 2.29. The van der Waals surface area contributed by atoms with Crippen molar-refractivity contribution in [2.75, 3.05) is 13.6 Å². The molecule has 1 amide bonds. The van der Waals surface area contributed by atoms with E-state index in [1.807, 2.05) is 31.9 Å². The fourth-order valence-corrected chi connectivity index (χ4v) is 4.99. The first-order chi connectivity index (χ1) is 19.3. The van der Waals surface area contributed by atoms with Crippen LogP contribution in [0.1, 0.15) is 63.1 Å². The van der Waals surface area contributed by atoms with Crippen molar-refractivity contribution in [3.8, 4) is 11.8 Å². The molecular weight excluding hydrogens is 563 g/mol. The van der Waals surface area contributed by atoms with Crippen molar-refractivity contribution < 1.29 is 32.6 Å². The molecule has 0 saturated heterocycles. The Bertz CT molecular complexity index is 1500. The number of hydrogen-bond acceptors (Lipinski definition) is 6. The molecule has 13 heteroatoms. The standard InChI is InChI=1S/C28H27ClF3N5O4/c1-16-12-24-22(15-36(16)26(38)19-6-9-23(29)20(13-19)14-33)25(27(39)40)37(34-24)11-10-35(3)17(2)18-4-7-21(8-5-18)41-28(30,31)32/h4-9,13,16-17H,10-12,15H2,1-3H3,(H,39,40)/t16-,17+/m1/s1. The van der Waals surface area contributed by atoms with Gasteiger partial charge >= 0.3 is 12.3 Å². The molecule has 2 aromatic carbocycles. The predicted molar refractivity (Wildman–Crippen MR) is 143 cm³/mol. The van der Waals surface area contributed by atoms with Crippen molar-refractivity contribution in [1.82, 2.24) is 19.6 Å². The average Bonchev–Trinajstić information content (AvgIpc) is 3.27. The minimum absolute atomic E-state index is 0.00627. The summed E-state index contributed by atoms with van der Waals surface area (Å²) in [6.07, 6.45) is -4.42. The molecule has 0 spiro atoms. The fourth-order valence-electron chi connectivity index (χ4n) is 4.83. The molecule has 1 N–H and O–H groups in total. The number of alkyl halides is 3. The highest BCUT2D eigenvalue weighted by Gasteiger charge is 2.35. The number of fused-ring (bicyclic) bond motifs is 1. The third-order valence-electron chi connectivity index (χ3n) is 7.20. The van der Waals surface area contributed by atoms with Gasteiger partial charge in [0.15, 0.2) is 5.69 Å². The Labute approximate surface area is 239 Å². The van der Waals surface area contributed by atoms with Gasteiger partial charge in [0.05, 0.1) is 29.4 Å². The first kappa shape index (κ1) is 29.9. The summed E-state index contributed by atoms with van der Waals surface area (Å²) in [5.41, 5.74) is 2.25. The number of aromatic nitrogens is 2. The number of halogens is 4. The van der Waals surface area contributed by atoms with Gasteiger partial charge in [-0.1, -0.05) is 23.7 Å². The lowest BCUT2D eigenvalue weighted by Gasteiger charge is -2.33. The summed E-state index contributed by atoms with van der Waals surface area (Å²) in [5, 5.41) is 24.1. The van der Waals surface area contributed by atoms with Gasteiger partial charge in [-0.3, -0.25) is 14.4 Å². The molecule has 41 heavy (non-hydrogen) atoms. The molecule has 3 aromatic rings. The van der Waals surface area contributed by atoms with Crippen LogP contribution in [0, 0.1) is 11.3 Å². The van der Waals surface area contributed by atoms with Crippen LogP contribution in [0.4, 0.5) is 13.2 Å². The Morgan fingerprint density at radius 3 is 2.56 bits per heavy atom. The van der Waals surface area contributed by atoms with E-state index in [0.29, 0.717) is 24.2 Å². The fraction of sp³-hybridized carbons (Fsp3) is 0.357. The monoisotopic (exact) mass is 589 g/mol. The normalized spacial score (nSPS) is 15.8. The molecule has 0 unspecified atom stereocenters. The number of amides is 1. The van der Waals surface area contributed by atoms with E-state index in [2.05, 4.69) is 9.84 Å². The average molecular weight is 590 g/mol. The minimum Gasteiger partial charge on any atom is -0.477 e. The lowest BCUT2D eigenvalue weighted by Crippen LogP contribution is -2.42. The molecule has 0 aliphatic carbocycles. The number of rotatable bonds is 8. The Morgan fingerprint density at radius 1 is 1.27 bits per heavy atom. The molecule has 2 heterocycles. The molecule has 1 aliphatic heterocycles. The summed E-state index contributed by atoms with van der Waals surface area (Å²) in [5.74, 6) is -1.83. The van der Waals surface area contributed by atoms with Gasteiger partial charge in [0, 0.05) is 36.2 Å². The van der Waals surface area contributed by atoms with Crippen molar-refractivity contribution in [1.29, 1.82) is 5.26 Å². The number of aromatic carboxylic acids is 1. The van der Waals surface area contributed by atoms with Gasteiger partial charge in [-0.2, -0.15) is 10.4 Å². The predicted octanol–water partition coefficient (Wildman–Crippen LogP) is 5.28. The molecule has 216 valence electrons. The topological polar surface area (TPSA) is 112 Å². The number of likely N-dealkylation sites (N-methyl/N-ethyl adjacent to an activating group) is 1. The van der Waals surface area contributed by atoms with Gasteiger partial charge in [0.25, 0.3) is 5.91 Å². The maximum absolute atomic E-state index is 13.3. The summed E-state index contributed by atoms with van der Waals surface area (Å²) < 4.78 is 42.7. The van der Waals surface area contributed by atoms with E-state index in [-0.39, 0.29) is 58.7 Å². The quantitative estimate of drug-likeness (QED) is 0.380. The number of nitriles is 1. The van der Waals surface area contributed by atoms with Gasteiger partial charge in [-0.25, -0.2) is 4.79 Å². The maximum Gasteiger partial charge on any atom is 0.573 e. The molecule has 0 fully saturated rings. The van der Waals surface area contributed by atoms with Crippen molar-refractivity contribution in [2.24, 2.45) is 0 Å². The van der Waals surface area contributed by atoms with E-state index in [1.165, 1.54) is 35.0 Å². The second kappa shape index (κ2) is 11.8. The molecule has 9 nitrogen and oxygen atoms in total. The van der Waals surface area contributed by atoms with Crippen LogP contribution >= 0.6 is 11.6 Å². The van der Waals surface area contributed by atoms with E-state index < -0.39 is 12.3 Å². The minimum atomic E-state index is -4.77. The molecular formula is C28H27ClF3N5O4.